The van der Waals surface area contributed by atoms with Gasteiger partial charge in [0.05, 0.1) is 13.2 Å². The van der Waals surface area contributed by atoms with Crippen LogP contribution < -0.4 is 0 Å². The van der Waals surface area contributed by atoms with E-state index in [9.17, 15) is 0 Å². The van der Waals surface area contributed by atoms with E-state index >= 15 is 0 Å². The largest absolute Gasteiger partial charge is 0.378 e. The second-order valence-electron chi connectivity index (χ2n) is 3.81. The van der Waals surface area contributed by atoms with Gasteiger partial charge in [-0.2, -0.15) is 0 Å². The van der Waals surface area contributed by atoms with Gasteiger partial charge in [-0.3, -0.25) is 0 Å². The predicted octanol–water partition coefficient (Wildman–Crippen LogP) is 1.80. The number of hydrogen-bond donors (Lipinski definition) is 0. The first-order valence-corrected chi connectivity index (χ1v) is 5.07. The highest BCUT2D eigenvalue weighted by atomic mass is 16.5. The predicted molar refractivity (Wildman–Crippen MR) is 53.4 cm³/mol. The first-order valence-electron chi connectivity index (χ1n) is 5.07. The van der Waals surface area contributed by atoms with Crippen molar-refractivity contribution in [3.05, 3.63) is 23.9 Å². The van der Waals surface area contributed by atoms with Gasteiger partial charge >= 0.3 is 0 Å². The van der Waals surface area contributed by atoms with E-state index in [2.05, 4.69) is 30.1 Å². The summed E-state index contributed by atoms with van der Waals surface area (Å²) < 4.78 is 5.32. The zero-order valence-corrected chi connectivity index (χ0v) is 8.20. The molecule has 2 rings (SSSR count). The summed E-state index contributed by atoms with van der Waals surface area (Å²) in [6.45, 7) is 6.11. The van der Waals surface area contributed by atoms with Crippen molar-refractivity contribution in [2.24, 2.45) is 5.92 Å². The maximum Gasteiger partial charge on any atom is 0.0642 e. The van der Waals surface area contributed by atoms with Crippen molar-refractivity contribution in [2.45, 2.75) is 13.3 Å². The average molecular weight is 179 g/mol. The summed E-state index contributed by atoms with van der Waals surface area (Å²) in [6, 6.07) is 0. The summed E-state index contributed by atoms with van der Waals surface area (Å²) in [4.78, 5) is 2.41. The number of morpholine rings is 1. The fraction of sp³-hybridized carbons (Fsp3) is 0.636. The Kier molecular flexibility index (Phi) is 2.69. The van der Waals surface area contributed by atoms with E-state index in [-0.39, 0.29) is 0 Å². The van der Waals surface area contributed by atoms with E-state index in [0.29, 0.717) is 5.92 Å². The van der Waals surface area contributed by atoms with Crippen LogP contribution in [-0.2, 0) is 4.74 Å². The lowest BCUT2D eigenvalue weighted by molar-refractivity contribution is 0.0549. The van der Waals surface area contributed by atoms with Crippen LogP contribution in [0.15, 0.2) is 23.9 Å². The molecule has 2 aliphatic rings. The van der Waals surface area contributed by atoms with Crippen LogP contribution in [0.2, 0.25) is 0 Å². The van der Waals surface area contributed by atoms with Crippen molar-refractivity contribution in [3.63, 3.8) is 0 Å². The van der Waals surface area contributed by atoms with Gasteiger partial charge in [0.15, 0.2) is 0 Å². The highest BCUT2D eigenvalue weighted by Crippen LogP contribution is 2.19. The third-order valence-electron chi connectivity index (χ3n) is 2.63. The molecule has 0 radical (unpaired) electrons. The molecule has 1 heterocycles. The standard InChI is InChI=1S/C11H17NO/c1-10-3-2-4-11(9-10)12-5-7-13-8-6-12/h2,4,9-10H,3,5-8H2,1H3. The van der Waals surface area contributed by atoms with E-state index in [1.807, 2.05) is 0 Å². The molecule has 1 atom stereocenters. The fourth-order valence-corrected chi connectivity index (χ4v) is 1.85. The number of ether oxygens (including phenoxy) is 1. The van der Waals surface area contributed by atoms with E-state index in [1.54, 1.807) is 0 Å². The quantitative estimate of drug-likeness (QED) is 0.608. The van der Waals surface area contributed by atoms with Crippen LogP contribution in [0, 0.1) is 5.92 Å². The summed E-state index contributed by atoms with van der Waals surface area (Å²) in [6.07, 6.45) is 8.07. The van der Waals surface area contributed by atoms with E-state index in [1.165, 1.54) is 12.1 Å². The molecular weight excluding hydrogens is 162 g/mol. The second-order valence-corrected chi connectivity index (χ2v) is 3.81. The zero-order valence-electron chi connectivity index (χ0n) is 8.20. The number of rotatable bonds is 1. The zero-order chi connectivity index (χ0) is 9.10. The van der Waals surface area contributed by atoms with Gasteiger partial charge in [-0.15, -0.1) is 0 Å². The molecular formula is C11H17NO. The molecule has 0 bridgehead atoms. The normalized spacial score (nSPS) is 28.8. The molecule has 2 nitrogen and oxygen atoms in total. The lowest BCUT2D eigenvalue weighted by atomic mass is 10.0. The smallest absolute Gasteiger partial charge is 0.0642 e. The summed E-state index contributed by atoms with van der Waals surface area (Å²) in [5.74, 6) is 0.697. The SMILES string of the molecule is CC1C=C(N2CCOCC2)C=CC1. The number of allylic oxidation sites excluding steroid dienone is 3. The minimum absolute atomic E-state index is 0.697. The Labute approximate surface area is 79.9 Å². The van der Waals surface area contributed by atoms with Crippen molar-refractivity contribution in [2.75, 3.05) is 26.3 Å². The monoisotopic (exact) mass is 179 g/mol. The van der Waals surface area contributed by atoms with Crippen molar-refractivity contribution >= 4 is 0 Å². The van der Waals surface area contributed by atoms with Gasteiger partial charge in [-0.25, -0.2) is 0 Å². The number of hydrogen-bond acceptors (Lipinski definition) is 2. The Hall–Kier alpha value is -0.760. The molecule has 1 saturated heterocycles. The lowest BCUT2D eigenvalue weighted by Crippen LogP contribution is -2.35. The van der Waals surface area contributed by atoms with Crippen LogP contribution in [0.4, 0.5) is 0 Å². The molecule has 0 aromatic rings. The van der Waals surface area contributed by atoms with E-state index < -0.39 is 0 Å². The molecule has 0 aromatic carbocycles. The lowest BCUT2D eigenvalue weighted by Gasteiger charge is -2.31. The van der Waals surface area contributed by atoms with Gasteiger partial charge < -0.3 is 9.64 Å². The molecule has 13 heavy (non-hydrogen) atoms. The molecule has 2 heteroatoms. The highest BCUT2D eigenvalue weighted by molar-refractivity contribution is 5.22. The molecule has 0 spiro atoms. The Morgan fingerprint density at radius 2 is 2.15 bits per heavy atom. The van der Waals surface area contributed by atoms with E-state index in [4.69, 9.17) is 4.74 Å². The van der Waals surface area contributed by atoms with Crippen molar-refractivity contribution in [3.8, 4) is 0 Å². The molecule has 1 unspecified atom stereocenters. The molecule has 0 saturated carbocycles. The Balaban J connectivity index is 2.02. The first kappa shape index (κ1) is 8.82. The molecule has 1 aliphatic carbocycles. The van der Waals surface area contributed by atoms with Gasteiger partial charge in [-0.1, -0.05) is 19.1 Å². The van der Waals surface area contributed by atoms with Gasteiger partial charge in [0.2, 0.25) is 0 Å². The number of nitrogens with zero attached hydrogens (tertiary/aromatic N) is 1. The van der Waals surface area contributed by atoms with Crippen LogP contribution >= 0.6 is 0 Å². The van der Waals surface area contributed by atoms with Crippen LogP contribution in [0.3, 0.4) is 0 Å². The Morgan fingerprint density at radius 3 is 2.85 bits per heavy atom. The molecule has 0 aromatic heterocycles. The highest BCUT2D eigenvalue weighted by Gasteiger charge is 2.14. The summed E-state index contributed by atoms with van der Waals surface area (Å²) in [7, 11) is 0. The van der Waals surface area contributed by atoms with Gasteiger partial charge in [0.25, 0.3) is 0 Å². The molecule has 0 amide bonds. The van der Waals surface area contributed by atoms with Crippen LogP contribution in [0.1, 0.15) is 13.3 Å². The minimum Gasteiger partial charge on any atom is -0.378 e. The van der Waals surface area contributed by atoms with Crippen LogP contribution in [-0.4, -0.2) is 31.2 Å². The Bertz CT molecular complexity index is 226. The third-order valence-corrected chi connectivity index (χ3v) is 2.63. The van der Waals surface area contributed by atoms with Gasteiger partial charge in [-0.05, 0) is 18.4 Å². The van der Waals surface area contributed by atoms with Crippen molar-refractivity contribution < 1.29 is 4.74 Å². The van der Waals surface area contributed by atoms with E-state index in [0.717, 1.165) is 26.3 Å². The maximum absolute atomic E-state index is 5.32. The van der Waals surface area contributed by atoms with Gasteiger partial charge in [0.1, 0.15) is 0 Å². The van der Waals surface area contributed by atoms with Crippen LogP contribution in [0.5, 0.6) is 0 Å². The molecule has 1 fully saturated rings. The summed E-state index contributed by atoms with van der Waals surface area (Å²) in [5, 5.41) is 0. The summed E-state index contributed by atoms with van der Waals surface area (Å²) >= 11 is 0. The minimum atomic E-state index is 0.697. The maximum atomic E-state index is 5.32. The summed E-state index contributed by atoms with van der Waals surface area (Å²) in [5.41, 5.74) is 1.39. The average Bonchev–Trinajstić information content (AvgIpc) is 2.19. The third kappa shape index (κ3) is 2.13. The second kappa shape index (κ2) is 3.97. The molecule has 72 valence electrons. The topological polar surface area (TPSA) is 12.5 Å². The Morgan fingerprint density at radius 1 is 1.38 bits per heavy atom. The van der Waals surface area contributed by atoms with Crippen molar-refractivity contribution in [1.29, 1.82) is 0 Å². The molecule has 0 N–H and O–H groups in total. The fourth-order valence-electron chi connectivity index (χ4n) is 1.85. The van der Waals surface area contributed by atoms with Crippen molar-refractivity contribution in [1.82, 2.24) is 4.90 Å². The first-order chi connectivity index (χ1) is 6.36. The van der Waals surface area contributed by atoms with Crippen LogP contribution in [0.25, 0.3) is 0 Å². The molecule has 1 aliphatic heterocycles. The van der Waals surface area contributed by atoms with Gasteiger partial charge in [0, 0.05) is 18.8 Å².